The Balaban J connectivity index is 2.90. The molecule has 1 atom stereocenters. The second-order valence-electron chi connectivity index (χ2n) is 3.49. The van der Waals surface area contributed by atoms with Crippen molar-refractivity contribution in [3.8, 4) is 0 Å². The zero-order valence-corrected chi connectivity index (χ0v) is 11.6. The Kier molecular flexibility index (Phi) is 5.05. The summed E-state index contributed by atoms with van der Waals surface area (Å²) in [5.41, 5.74) is 0. The van der Waals surface area contributed by atoms with Gasteiger partial charge in [-0.25, -0.2) is 17.5 Å². The third-order valence-electron chi connectivity index (χ3n) is 2.16. The lowest BCUT2D eigenvalue weighted by molar-refractivity contribution is 0.174. The number of sulfonamides is 1. The molecule has 0 heterocycles. The topological polar surface area (TPSA) is 66.4 Å². The summed E-state index contributed by atoms with van der Waals surface area (Å²) in [6.45, 7) is 1.59. The number of aliphatic hydroxyl groups is 1. The van der Waals surface area contributed by atoms with Crippen LogP contribution in [0.2, 0.25) is 0 Å². The number of nitrogens with one attached hydrogen (secondary N) is 1. The van der Waals surface area contributed by atoms with E-state index in [1.54, 1.807) is 6.92 Å². The van der Waals surface area contributed by atoms with Crippen molar-refractivity contribution in [1.82, 2.24) is 4.72 Å². The van der Waals surface area contributed by atoms with Crippen LogP contribution in [0.15, 0.2) is 27.6 Å². The highest BCUT2D eigenvalue weighted by Crippen LogP contribution is 2.19. The van der Waals surface area contributed by atoms with Crippen molar-refractivity contribution in [2.24, 2.45) is 0 Å². The maximum atomic E-state index is 13.4. The molecule has 0 saturated carbocycles. The van der Waals surface area contributed by atoms with Crippen LogP contribution in [-0.2, 0) is 10.0 Å². The van der Waals surface area contributed by atoms with Crippen molar-refractivity contribution < 1.29 is 17.9 Å². The Morgan fingerprint density at radius 3 is 2.71 bits per heavy atom. The third-order valence-corrected chi connectivity index (χ3v) is 4.11. The van der Waals surface area contributed by atoms with E-state index >= 15 is 0 Å². The molecule has 0 radical (unpaired) electrons. The van der Waals surface area contributed by atoms with Gasteiger partial charge in [-0.15, -0.1) is 0 Å². The average Bonchev–Trinajstić information content (AvgIpc) is 2.25. The largest absolute Gasteiger partial charge is 0.392 e. The van der Waals surface area contributed by atoms with Gasteiger partial charge in [-0.3, -0.25) is 0 Å². The van der Waals surface area contributed by atoms with E-state index in [0.717, 1.165) is 6.07 Å². The summed E-state index contributed by atoms with van der Waals surface area (Å²) in [6, 6.07) is 3.68. The quantitative estimate of drug-likeness (QED) is 0.864. The molecule has 0 aliphatic carbocycles. The number of halogens is 2. The van der Waals surface area contributed by atoms with E-state index in [4.69, 9.17) is 0 Å². The molecule has 0 saturated heterocycles. The van der Waals surface area contributed by atoms with E-state index in [-0.39, 0.29) is 6.54 Å². The van der Waals surface area contributed by atoms with Gasteiger partial charge in [0.15, 0.2) is 0 Å². The standard InChI is InChI=1S/C10H13BrFNO3S/c1-2-8(14)6-13-17(15,16)10-4-3-7(11)5-9(10)12/h3-5,8,13-14H,2,6H2,1H3/t8-/m1/s1. The smallest absolute Gasteiger partial charge is 0.243 e. The van der Waals surface area contributed by atoms with E-state index in [1.165, 1.54) is 12.1 Å². The Labute approximate surface area is 108 Å². The van der Waals surface area contributed by atoms with Crippen LogP contribution in [0.1, 0.15) is 13.3 Å². The minimum Gasteiger partial charge on any atom is -0.392 e. The zero-order chi connectivity index (χ0) is 13.1. The van der Waals surface area contributed by atoms with E-state index in [0.29, 0.717) is 10.9 Å². The van der Waals surface area contributed by atoms with Crippen molar-refractivity contribution in [3.63, 3.8) is 0 Å². The predicted octanol–water partition coefficient (Wildman–Crippen LogP) is 1.64. The third kappa shape index (κ3) is 4.02. The molecule has 96 valence electrons. The van der Waals surface area contributed by atoms with E-state index in [1.807, 2.05) is 0 Å². The molecule has 0 unspecified atom stereocenters. The molecule has 1 rings (SSSR count). The molecule has 0 bridgehead atoms. The lowest BCUT2D eigenvalue weighted by Gasteiger charge is -2.10. The normalized spacial score (nSPS) is 13.6. The minimum absolute atomic E-state index is 0.131. The summed E-state index contributed by atoms with van der Waals surface area (Å²) in [4.78, 5) is -0.427. The number of benzene rings is 1. The van der Waals surface area contributed by atoms with Gasteiger partial charge in [0.1, 0.15) is 10.7 Å². The minimum atomic E-state index is -3.92. The van der Waals surface area contributed by atoms with Crippen molar-refractivity contribution in [2.75, 3.05) is 6.54 Å². The second-order valence-corrected chi connectivity index (χ2v) is 6.14. The van der Waals surface area contributed by atoms with Crippen LogP contribution in [0.5, 0.6) is 0 Å². The van der Waals surface area contributed by atoms with E-state index < -0.39 is 26.8 Å². The van der Waals surface area contributed by atoms with Crippen molar-refractivity contribution >= 4 is 26.0 Å². The van der Waals surface area contributed by atoms with E-state index in [2.05, 4.69) is 20.7 Å². The van der Waals surface area contributed by atoms with Gasteiger partial charge in [0.25, 0.3) is 0 Å². The number of hydrogen-bond donors (Lipinski definition) is 2. The highest BCUT2D eigenvalue weighted by atomic mass is 79.9. The van der Waals surface area contributed by atoms with Gasteiger partial charge < -0.3 is 5.11 Å². The molecule has 1 aromatic carbocycles. The highest BCUT2D eigenvalue weighted by molar-refractivity contribution is 9.10. The van der Waals surface area contributed by atoms with Crippen LogP contribution in [0.25, 0.3) is 0 Å². The summed E-state index contributed by atoms with van der Waals surface area (Å²) in [5, 5.41) is 9.25. The number of hydrogen-bond acceptors (Lipinski definition) is 3. The summed E-state index contributed by atoms with van der Waals surface area (Å²) >= 11 is 3.04. The average molecular weight is 326 g/mol. The second kappa shape index (κ2) is 5.90. The summed E-state index contributed by atoms with van der Waals surface area (Å²) < 4.78 is 39.5. The monoisotopic (exact) mass is 325 g/mol. The van der Waals surface area contributed by atoms with Crippen LogP contribution in [0.4, 0.5) is 4.39 Å². The molecule has 0 amide bonds. The van der Waals surface area contributed by atoms with Crippen LogP contribution >= 0.6 is 15.9 Å². The molecule has 7 heteroatoms. The maximum Gasteiger partial charge on any atom is 0.243 e. The molecule has 0 aliphatic rings. The first-order valence-corrected chi connectivity index (χ1v) is 7.27. The molecule has 0 aromatic heterocycles. The molecule has 0 spiro atoms. The Bertz CT molecular complexity index is 492. The zero-order valence-electron chi connectivity index (χ0n) is 9.15. The first-order chi connectivity index (χ1) is 7.86. The fourth-order valence-electron chi connectivity index (χ4n) is 1.12. The molecule has 17 heavy (non-hydrogen) atoms. The van der Waals surface area contributed by atoms with Gasteiger partial charge in [0, 0.05) is 11.0 Å². The summed E-state index contributed by atoms with van der Waals surface area (Å²) in [6.07, 6.45) is -0.353. The van der Waals surface area contributed by atoms with Crippen molar-refractivity contribution in [2.45, 2.75) is 24.3 Å². The summed E-state index contributed by atoms with van der Waals surface area (Å²) in [5.74, 6) is -0.835. The fourth-order valence-corrected chi connectivity index (χ4v) is 2.58. The first-order valence-electron chi connectivity index (χ1n) is 4.99. The molecular formula is C10H13BrFNO3S. The van der Waals surface area contributed by atoms with Crippen LogP contribution < -0.4 is 4.72 Å². The SMILES string of the molecule is CC[C@@H](O)CNS(=O)(=O)c1ccc(Br)cc1F. The molecule has 0 aliphatic heterocycles. The fraction of sp³-hybridized carbons (Fsp3) is 0.400. The molecule has 0 fully saturated rings. The van der Waals surface area contributed by atoms with Gasteiger partial charge in [-0.1, -0.05) is 22.9 Å². The van der Waals surface area contributed by atoms with Crippen molar-refractivity contribution in [1.29, 1.82) is 0 Å². The first kappa shape index (κ1) is 14.6. The van der Waals surface area contributed by atoms with Gasteiger partial charge >= 0.3 is 0 Å². The molecule has 4 nitrogen and oxygen atoms in total. The number of aliphatic hydroxyl groups excluding tert-OH is 1. The Morgan fingerprint density at radius 2 is 2.18 bits per heavy atom. The van der Waals surface area contributed by atoms with Gasteiger partial charge in [0.05, 0.1) is 6.10 Å². The predicted molar refractivity (Wildman–Crippen MR) is 65.6 cm³/mol. The summed E-state index contributed by atoms with van der Waals surface area (Å²) in [7, 11) is -3.92. The molecule has 1 aromatic rings. The van der Waals surface area contributed by atoms with Crippen molar-refractivity contribution in [3.05, 3.63) is 28.5 Å². The Hall–Kier alpha value is -0.500. The lowest BCUT2D eigenvalue weighted by Crippen LogP contribution is -2.32. The van der Waals surface area contributed by atoms with E-state index in [9.17, 15) is 17.9 Å². The van der Waals surface area contributed by atoms with Crippen LogP contribution in [0, 0.1) is 5.82 Å². The molecular weight excluding hydrogens is 313 g/mol. The van der Waals surface area contributed by atoms with Crippen LogP contribution in [0.3, 0.4) is 0 Å². The highest BCUT2D eigenvalue weighted by Gasteiger charge is 2.19. The van der Waals surface area contributed by atoms with Crippen LogP contribution in [-0.4, -0.2) is 26.2 Å². The van der Waals surface area contributed by atoms with Gasteiger partial charge in [-0.2, -0.15) is 0 Å². The van der Waals surface area contributed by atoms with Gasteiger partial charge in [0.2, 0.25) is 10.0 Å². The molecule has 2 N–H and O–H groups in total. The Morgan fingerprint density at radius 1 is 1.53 bits per heavy atom. The lowest BCUT2D eigenvalue weighted by atomic mass is 10.3. The number of rotatable bonds is 5. The van der Waals surface area contributed by atoms with Gasteiger partial charge in [-0.05, 0) is 24.6 Å². The maximum absolute atomic E-state index is 13.4.